The molecule has 2 unspecified atom stereocenters. The van der Waals surface area contributed by atoms with Gasteiger partial charge in [-0.15, -0.1) is 0 Å². The van der Waals surface area contributed by atoms with Gasteiger partial charge in [-0.2, -0.15) is 0 Å². The molecule has 15 heavy (non-hydrogen) atoms. The van der Waals surface area contributed by atoms with E-state index in [4.69, 9.17) is 18.1 Å². The summed E-state index contributed by atoms with van der Waals surface area (Å²) in [6.07, 6.45) is 8.58. The second kappa shape index (κ2) is 20.3. The van der Waals surface area contributed by atoms with Crippen LogP contribution >= 0.6 is 11.8 Å². The van der Waals surface area contributed by atoms with Crippen molar-refractivity contribution in [2.75, 3.05) is 20.0 Å². The van der Waals surface area contributed by atoms with Crippen molar-refractivity contribution >= 4 is 19.6 Å². The minimum absolute atomic E-state index is 0. The first kappa shape index (κ1) is 24.9. The molecule has 0 amide bonds. The molecule has 1 saturated carbocycles. The van der Waals surface area contributed by atoms with Crippen molar-refractivity contribution in [1.82, 2.24) is 0 Å². The van der Waals surface area contributed by atoms with Crippen LogP contribution in [0.5, 0.6) is 0 Å². The summed E-state index contributed by atoms with van der Waals surface area (Å²) in [5, 5.41) is 15.6. The molecule has 0 aliphatic heterocycles. The van der Waals surface area contributed by atoms with E-state index >= 15 is 0 Å². The predicted octanol–water partition coefficient (Wildman–Crippen LogP) is 1.93. The van der Waals surface area contributed by atoms with E-state index < -0.39 is 0 Å². The van der Waals surface area contributed by atoms with Crippen LogP contribution in [0.4, 0.5) is 0 Å². The van der Waals surface area contributed by atoms with Gasteiger partial charge in [0.1, 0.15) is 0 Å². The zero-order valence-electron chi connectivity index (χ0n) is 10.0. The van der Waals surface area contributed by atoms with E-state index in [1.807, 2.05) is 6.26 Å². The molecule has 2 atom stereocenters. The molecule has 0 spiro atoms. The Morgan fingerprint density at radius 3 is 1.93 bits per heavy atom. The van der Waals surface area contributed by atoms with E-state index in [1.54, 1.807) is 0 Å². The van der Waals surface area contributed by atoms with Gasteiger partial charge in [0, 0.05) is 13.7 Å². The van der Waals surface area contributed by atoms with Gasteiger partial charge in [-0.05, 0) is 18.6 Å². The topological polar surface area (TPSA) is 40.5 Å². The fourth-order valence-corrected chi connectivity index (χ4v) is 1.28. The zero-order valence-corrected chi connectivity index (χ0v) is 12.2. The van der Waals surface area contributed by atoms with Crippen LogP contribution in [0.2, 0.25) is 5.82 Å². The minimum atomic E-state index is 0. The van der Waals surface area contributed by atoms with E-state index in [1.165, 1.54) is 11.8 Å². The molecule has 3 radical (unpaired) electrons. The fourth-order valence-electron chi connectivity index (χ4n) is 1.28. The Labute approximate surface area is 113 Å². The number of hydrogen-bond acceptors (Lipinski definition) is 3. The molecule has 89 valence electrons. The van der Waals surface area contributed by atoms with Crippen LogP contribution in [0.3, 0.4) is 0 Å². The van der Waals surface area contributed by atoms with Crippen LogP contribution < -0.4 is 0 Å². The molecule has 1 fully saturated rings. The molecule has 0 saturated heterocycles. The van der Waals surface area contributed by atoms with Crippen molar-refractivity contribution in [3.05, 3.63) is 13.7 Å². The Hall–Kier alpha value is 0.919. The minimum Gasteiger partial charge on any atom is -0.400 e. The van der Waals surface area contributed by atoms with Gasteiger partial charge in [-0.25, -0.2) is 0 Å². The number of aliphatic hydroxyl groups excluding tert-OH is 2. The van der Waals surface area contributed by atoms with Gasteiger partial charge in [0.2, 0.25) is 0 Å². The van der Waals surface area contributed by atoms with Crippen molar-refractivity contribution in [2.24, 2.45) is 5.92 Å². The first-order valence-electron chi connectivity index (χ1n) is 4.33. The molecule has 2 N–H and O–H groups in total. The van der Waals surface area contributed by atoms with Crippen molar-refractivity contribution in [1.29, 1.82) is 0 Å². The van der Waals surface area contributed by atoms with Crippen LogP contribution in [0.25, 0.3) is 0 Å². The Balaban J connectivity index is -0.0000000763. The molecular weight excluding hydrogens is 246 g/mol. The summed E-state index contributed by atoms with van der Waals surface area (Å²) in [5.74, 6) is 0.872. The summed E-state index contributed by atoms with van der Waals surface area (Å²) in [7, 11) is 6.59. The summed E-state index contributed by atoms with van der Waals surface area (Å²) < 4.78 is 0. The molecule has 5 heteroatoms. The van der Waals surface area contributed by atoms with Gasteiger partial charge in [-0.1, -0.05) is 18.7 Å². The zero-order chi connectivity index (χ0) is 10.7. The van der Waals surface area contributed by atoms with Gasteiger partial charge in [0.25, 0.3) is 0 Å². The summed E-state index contributed by atoms with van der Waals surface area (Å²) in [6, 6.07) is 0. The molecule has 0 heterocycles. The summed E-state index contributed by atoms with van der Waals surface area (Å²) >= 11 is 1.50. The number of aliphatic hydroxyl groups is 2. The number of thioether (sulfide) groups is 1. The molecule has 0 aromatic rings. The van der Waals surface area contributed by atoms with Crippen molar-refractivity contribution < 1.29 is 28.8 Å². The normalized spacial score (nSPS) is 21.9. The molecule has 1 rings (SSSR count). The smallest absolute Gasteiger partial charge is 0.400 e. The third-order valence-corrected chi connectivity index (χ3v) is 1.84. The van der Waals surface area contributed by atoms with E-state index in [0.29, 0.717) is 18.3 Å². The first-order valence-corrected chi connectivity index (χ1v) is 5.73. The molecule has 0 aromatic heterocycles. The third-order valence-electron chi connectivity index (χ3n) is 1.84. The van der Waals surface area contributed by atoms with E-state index in [9.17, 15) is 0 Å². The summed E-state index contributed by atoms with van der Waals surface area (Å²) in [4.78, 5) is 0. The summed E-state index contributed by atoms with van der Waals surface area (Å²) in [6.45, 7) is 0.327. The van der Waals surface area contributed by atoms with E-state index in [0.717, 1.165) is 26.4 Å². The van der Waals surface area contributed by atoms with Gasteiger partial charge >= 0.3 is 18.6 Å². The fraction of sp³-hybridized carbons (Fsp3) is 0.800. The molecule has 0 aromatic carbocycles. The van der Waals surface area contributed by atoms with Gasteiger partial charge in [-0.3, -0.25) is 6.26 Å². The van der Waals surface area contributed by atoms with Crippen molar-refractivity contribution in [2.45, 2.75) is 25.1 Å². The maximum atomic E-state index is 8.63. The number of hydrogen-bond donors (Lipinski definition) is 2. The SMILES string of the molecule is CO.[B]C1CCC(CO)C1.[CH2-]SC.[CH3-].[V+2]. The van der Waals surface area contributed by atoms with Crippen molar-refractivity contribution in [3.63, 3.8) is 0 Å². The predicted molar refractivity (Wildman–Crippen MR) is 67.4 cm³/mol. The monoisotopic (exact) mass is 269 g/mol. The van der Waals surface area contributed by atoms with Gasteiger partial charge < -0.3 is 29.4 Å². The van der Waals surface area contributed by atoms with Crippen LogP contribution in [0.15, 0.2) is 0 Å². The Morgan fingerprint density at radius 2 is 1.80 bits per heavy atom. The van der Waals surface area contributed by atoms with Gasteiger partial charge in [0.05, 0.1) is 7.85 Å². The number of rotatable bonds is 1. The molecule has 0 bridgehead atoms. The Bertz CT molecular complexity index is 99.5. The van der Waals surface area contributed by atoms with Crippen LogP contribution in [-0.4, -0.2) is 38.0 Å². The average Bonchev–Trinajstić information content (AvgIpc) is 2.56. The van der Waals surface area contributed by atoms with Crippen LogP contribution in [-0.2, 0) is 18.6 Å². The molecule has 2 nitrogen and oxygen atoms in total. The maximum Gasteiger partial charge on any atom is 2.00 e. The second-order valence-electron chi connectivity index (χ2n) is 2.91. The quantitative estimate of drug-likeness (QED) is 0.564. The van der Waals surface area contributed by atoms with Gasteiger partial charge in [0.15, 0.2) is 0 Å². The first-order chi connectivity index (χ1) is 6.24. The Kier molecular flexibility index (Phi) is 33.8. The van der Waals surface area contributed by atoms with E-state index in [2.05, 4.69) is 6.26 Å². The average molecular weight is 269 g/mol. The largest absolute Gasteiger partial charge is 2.00 e. The summed E-state index contributed by atoms with van der Waals surface area (Å²) in [5.41, 5.74) is 0. The standard InChI is InChI=1S/C6H11BO.C2H5S.CH4O.CH3.V/c7-6-2-1-5(3-6)4-8;1-3-2;1-2;;/h5-6,8H,1-4H2;1H2,2H3;2H,1H3;1H3;/q;-1;;-1;+2. The molecule has 1 aliphatic rings. The van der Waals surface area contributed by atoms with Crippen LogP contribution in [0.1, 0.15) is 19.3 Å². The Morgan fingerprint density at radius 1 is 1.40 bits per heavy atom. The molecular formula is C10H23BO2SV. The maximum absolute atomic E-state index is 8.63. The molecule has 1 aliphatic carbocycles. The third kappa shape index (κ3) is 17.5. The second-order valence-corrected chi connectivity index (χ2v) is 3.49. The van der Waals surface area contributed by atoms with E-state index in [-0.39, 0.29) is 26.0 Å². The van der Waals surface area contributed by atoms with Crippen LogP contribution in [0, 0.1) is 19.6 Å². The van der Waals surface area contributed by atoms with Crippen molar-refractivity contribution in [3.8, 4) is 0 Å².